The summed E-state index contributed by atoms with van der Waals surface area (Å²) in [6.45, 7) is 3.68. The smallest absolute Gasteiger partial charge is 0.273 e. The molecule has 104 valence electrons. The van der Waals surface area contributed by atoms with Gasteiger partial charge in [-0.2, -0.15) is 0 Å². The van der Waals surface area contributed by atoms with Gasteiger partial charge in [-0.05, 0) is 13.3 Å². The Morgan fingerprint density at radius 1 is 1.42 bits per heavy atom. The maximum atomic E-state index is 11.6. The Labute approximate surface area is 111 Å². The van der Waals surface area contributed by atoms with Gasteiger partial charge in [-0.15, -0.1) is 0 Å². The zero-order valence-electron chi connectivity index (χ0n) is 10.9. The van der Waals surface area contributed by atoms with E-state index in [1.165, 1.54) is 6.07 Å². The first-order valence-corrected chi connectivity index (χ1v) is 6.22. The van der Waals surface area contributed by atoms with Gasteiger partial charge in [-0.25, -0.2) is 0 Å². The number of para-hydroxylation sites is 1. The summed E-state index contributed by atoms with van der Waals surface area (Å²) in [6, 6.07) is 6.27. The molecule has 1 amide bonds. The first-order chi connectivity index (χ1) is 9.15. The molecule has 0 bridgehead atoms. The van der Waals surface area contributed by atoms with Crippen LogP contribution in [0.1, 0.15) is 18.9 Å². The molecule has 1 rings (SSSR count). The van der Waals surface area contributed by atoms with E-state index in [4.69, 9.17) is 4.74 Å². The lowest BCUT2D eigenvalue weighted by atomic mass is 10.1. The lowest BCUT2D eigenvalue weighted by Crippen LogP contribution is -2.27. The Morgan fingerprint density at radius 2 is 2.16 bits per heavy atom. The third-order valence-electron chi connectivity index (χ3n) is 2.53. The van der Waals surface area contributed by atoms with Crippen molar-refractivity contribution < 1.29 is 14.5 Å². The topological polar surface area (TPSA) is 81.5 Å². The second-order valence-corrected chi connectivity index (χ2v) is 3.96. The molecule has 0 spiro atoms. The highest BCUT2D eigenvalue weighted by molar-refractivity contribution is 5.79. The van der Waals surface area contributed by atoms with Crippen LogP contribution >= 0.6 is 0 Å². The molecule has 0 heterocycles. The highest BCUT2D eigenvalue weighted by atomic mass is 16.6. The molecule has 1 aromatic carbocycles. The maximum Gasteiger partial charge on any atom is 0.273 e. The Balaban J connectivity index is 2.42. The molecule has 0 fully saturated rings. The van der Waals surface area contributed by atoms with Gasteiger partial charge in [-0.1, -0.05) is 18.2 Å². The summed E-state index contributed by atoms with van der Waals surface area (Å²) in [5, 5.41) is 13.5. The first kappa shape index (κ1) is 15.1. The number of carbonyl (C=O) groups is 1. The fraction of sp³-hybridized carbons (Fsp3) is 0.462. The average molecular weight is 266 g/mol. The predicted octanol–water partition coefficient (Wildman–Crippen LogP) is 1.68. The average Bonchev–Trinajstić information content (AvgIpc) is 2.39. The van der Waals surface area contributed by atoms with Gasteiger partial charge in [0, 0.05) is 31.4 Å². The molecule has 0 radical (unpaired) electrons. The van der Waals surface area contributed by atoms with Crippen molar-refractivity contribution in [3.05, 3.63) is 39.9 Å². The largest absolute Gasteiger partial charge is 0.382 e. The zero-order valence-corrected chi connectivity index (χ0v) is 10.9. The van der Waals surface area contributed by atoms with E-state index in [9.17, 15) is 14.9 Å². The van der Waals surface area contributed by atoms with Crippen molar-refractivity contribution in [1.29, 1.82) is 0 Å². The Bertz CT molecular complexity index is 434. The van der Waals surface area contributed by atoms with E-state index in [-0.39, 0.29) is 18.0 Å². The lowest BCUT2D eigenvalue weighted by molar-refractivity contribution is -0.385. The van der Waals surface area contributed by atoms with Crippen molar-refractivity contribution in [3.8, 4) is 0 Å². The monoisotopic (exact) mass is 266 g/mol. The van der Waals surface area contributed by atoms with Crippen LogP contribution < -0.4 is 5.32 Å². The normalized spacial score (nSPS) is 10.2. The quantitative estimate of drug-likeness (QED) is 0.441. The van der Waals surface area contributed by atoms with Gasteiger partial charge >= 0.3 is 0 Å². The van der Waals surface area contributed by atoms with E-state index in [0.717, 1.165) is 6.42 Å². The second-order valence-electron chi connectivity index (χ2n) is 3.96. The first-order valence-electron chi connectivity index (χ1n) is 6.22. The molecule has 0 saturated carbocycles. The van der Waals surface area contributed by atoms with Crippen LogP contribution in [0.15, 0.2) is 24.3 Å². The van der Waals surface area contributed by atoms with Crippen LogP contribution in [-0.4, -0.2) is 30.6 Å². The van der Waals surface area contributed by atoms with E-state index in [2.05, 4.69) is 5.32 Å². The minimum absolute atomic E-state index is 0.0196. The van der Waals surface area contributed by atoms with Crippen molar-refractivity contribution in [1.82, 2.24) is 5.32 Å². The summed E-state index contributed by atoms with van der Waals surface area (Å²) in [6.07, 6.45) is 0.752. The number of nitrogens with one attached hydrogen (secondary N) is 1. The number of rotatable bonds is 8. The van der Waals surface area contributed by atoms with Crippen LogP contribution in [0.2, 0.25) is 0 Å². The standard InChI is InChI=1S/C13H18N2O4/c1-2-19-9-5-8-14-13(16)10-11-6-3-4-7-12(11)15(17)18/h3-4,6-7H,2,5,8-10H2,1H3,(H,14,16). The van der Waals surface area contributed by atoms with E-state index in [0.29, 0.717) is 25.3 Å². The Hall–Kier alpha value is -1.95. The van der Waals surface area contributed by atoms with Gasteiger partial charge in [0.05, 0.1) is 11.3 Å². The van der Waals surface area contributed by atoms with Gasteiger partial charge < -0.3 is 10.1 Å². The molecule has 0 aliphatic carbocycles. The highest BCUT2D eigenvalue weighted by Crippen LogP contribution is 2.17. The summed E-state index contributed by atoms with van der Waals surface area (Å²) in [5.41, 5.74) is 0.404. The predicted molar refractivity (Wildman–Crippen MR) is 70.9 cm³/mol. The van der Waals surface area contributed by atoms with E-state index in [1.807, 2.05) is 6.92 Å². The van der Waals surface area contributed by atoms with Crippen LogP contribution in [-0.2, 0) is 16.0 Å². The van der Waals surface area contributed by atoms with Crippen LogP contribution in [0.5, 0.6) is 0 Å². The van der Waals surface area contributed by atoms with Crippen molar-refractivity contribution in [2.45, 2.75) is 19.8 Å². The molecule has 0 atom stereocenters. The molecule has 0 saturated heterocycles. The van der Waals surface area contributed by atoms with Crippen LogP contribution in [0.4, 0.5) is 5.69 Å². The Morgan fingerprint density at radius 3 is 2.84 bits per heavy atom. The zero-order chi connectivity index (χ0) is 14.1. The van der Waals surface area contributed by atoms with Gasteiger partial charge in [0.2, 0.25) is 5.91 Å². The van der Waals surface area contributed by atoms with Crippen LogP contribution in [0.3, 0.4) is 0 Å². The molecule has 0 unspecified atom stereocenters. The number of amides is 1. The maximum absolute atomic E-state index is 11.6. The number of ether oxygens (including phenoxy) is 1. The molecule has 0 aliphatic heterocycles. The number of benzene rings is 1. The highest BCUT2D eigenvalue weighted by Gasteiger charge is 2.14. The minimum atomic E-state index is -0.475. The molecular formula is C13H18N2O4. The minimum Gasteiger partial charge on any atom is -0.382 e. The van der Waals surface area contributed by atoms with Gasteiger partial charge in [0.15, 0.2) is 0 Å². The van der Waals surface area contributed by atoms with Crippen molar-refractivity contribution in [2.75, 3.05) is 19.8 Å². The molecular weight excluding hydrogens is 248 g/mol. The molecule has 0 aliphatic rings. The molecule has 6 nitrogen and oxygen atoms in total. The van der Waals surface area contributed by atoms with E-state index in [1.54, 1.807) is 18.2 Å². The van der Waals surface area contributed by atoms with Crippen LogP contribution in [0.25, 0.3) is 0 Å². The second kappa shape index (κ2) is 8.20. The fourth-order valence-corrected chi connectivity index (χ4v) is 1.62. The molecule has 1 N–H and O–H groups in total. The van der Waals surface area contributed by atoms with Gasteiger partial charge in [-0.3, -0.25) is 14.9 Å². The summed E-state index contributed by atoms with van der Waals surface area (Å²) < 4.78 is 5.14. The van der Waals surface area contributed by atoms with E-state index >= 15 is 0 Å². The van der Waals surface area contributed by atoms with Crippen molar-refractivity contribution in [2.24, 2.45) is 0 Å². The molecule has 0 aromatic heterocycles. The van der Waals surface area contributed by atoms with Gasteiger partial charge in [0.1, 0.15) is 0 Å². The number of hydrogen-bond donors (Lipinski definition) is 1. The number of hydrogen-bond acceptors (Lipinski definition) is 4. The molecule has 6 heteroatoms. The number of carbonyl (C=O) groups excluding carboxylic acids is 1. The number of nitro groups is 1. The SMILES string of the molecule is CCOCCCNC(=O)Cc1ccccc1[N+](=O)[O-]. The summed E-state index contributed by atoms with van der Waals surface area (Å²) in [7, 11) is 0. The Kier molecular flexibility index (Phi) is 6.52. The summed E-state index contributed by atoms with van der Waals surface area (Å²) >= 11 is 0. The van der Waals surface area contributed by atoms with Crippen molar-refractivity contribution in [3.63, 3.8) is 0 Å². The molecule has 1 aromatic rings. The fourth-order valence-electron chi connectivity index (χ4n) is 1.62. The molecule has 19 heavy (non-hydrogen) atoms. The number of nitro benzene ring substituents is 1. The third kappa shape index (κ3) is 5.48. The van der Waals surface area contributed by atoms with Crippen LogP contribution in [0, 0.1) is 10.1 Å². The number of nitrogens with zero attached hydrogens (tertiary/aromatic N) is 1. The third-order valence-corrected chi connectivity index (χ3v) is 2.53. The van der Waals surface area contributed by atoms with Crippen molar-refractivity contribution >= 4 is 11.6 Å². The van der Waals surface area contributed by atoms with E-state index < -0.39 is 4.92 Å². The summed E-state index contributed by atoms with van der Waals surface area (Å²) in [4.78, 5) is 22.0. The lowest BCUT2D eigenvalue weighted by Gasteiger charge is -2.06. The van der Waals surface area contributed by atoms with Gasteiger partial charge in [0.25, 0.3) is 5.69 Å². The summed E-state index contributed by atoms with van der Waals surface area (Å²) in [5.74, 6) is -0.217.